The van der Waals surface area contributed by atoms with Crippen LogP contribution in [0.5, 0.6) is 5.75 Å². The topological polar surface area (TPSA) is 47.6 Å². The molecule has 0 bridgehead atoms. The van der Waals surface area contributed by atoms with Crippen LogP contribution in [-0.2, 0) is 4.74 Å². The summed E-state index contributed by atoms with van der Waals surface area (Å²) >= 11 is 3.33. The van der Waals surface area contributed by atoms with Gasteiger partial charge in [-0.3, -0.25) is 5.32 Å². The number of carbonyl (C=O) groups is 1. The molecular formula is C12H16BrNO3. The molecule has 0 spiro atoms. The molecule has 0 saturated heterocycles. The Morgan fingerprint density at radius 2 is 2.06 bits per heavy atom. The SMILES string of the molecule is CCOC(=O)Nc1ccc(OCCCBr)cc1. The summed E-state index contributed by atoms with van der Waals surface area (Å²) in [6, 6.07) is 7.19. The predicted molar refractivity (Wildman–Crippen MR) is 71.0 cm³/mol. The van der Waals surface area contributed by atoms with Crippen molar-refractivity contribution in [2.75, 3.05) is 23.9 Å². The maximum Gasteiger partial charge on any atom is 0.411 e. The summed E-state index contributed by atoms with van der Waals surface area (Å²) in [4.78, 5) is 11.1. The number of anilines is 1. The van der Waals surface area contributed by atoms with Crippen molar-refractivity contribution in [3.05, 3.63) is 24.3 Å². The number of hydrogen-bond acceptors (Lipinski definition) is 3. The van der Waals surface area contributed by atoms with Gasteiger partial charge in [0, 0.05) is 11.0 Å². The highest BCUT2D eigenvalue weighted by Crippen LogP contribution is 2.16. The Hall–Kier alpha value is -1.23. The fourth-order valence-corrected chi connectivity index (χ4v) is 1.39. The molecule has 0 heterocycles. The van der Waals surface area contributed by atoms with Crippen LogP contribution in [0.4, 0.5) is 10.5 Å². The van der Waals surface area contributed by atoms with Crippen LogP contribution in [0.3, 0.4) is 0 Å². The summed E-state index contributed by atoms with van der Waals surface area (Å²) in [6.07, 6.45) is 0.517. The van der Waals surface area contributed by atoms with Gasteiger partial charge in [0.05, 0.1) is 13.2 Å². The van der Waals surface area contributed by atoms with Crippen molar-refractivity contribution in [3.8, 4) is 5.75 Å². The molecule has 0 aromatic heterocycles. The molecular weight excluding hydrogens is 286 g/mol. The normalized spacial score (nSPS) is 9.76. The first-order chi connectivity index (χ1) is 8.26. The Bertz CT molecular complexity index is 340. The molecule has 17 heavy (non-hydrogen) atoms. The second-order valence-electron chi connectivity index (χ2n) is 3.26. The summed E-state index contributed by atoms with van der Waals surface area (Å²) in [7, 11) is 0. The van der Waals surface area contributed by atoms with E-state index in [1.165, 1.54) is 0 Å². The Morgan fingerprint density at radius 3 is 2.65 bits per heavy atom. The summed E-state index contributed by atoms with van der Waals surface area (Å²) in [5.74, 6) is 0.792. The molecule has 5 heteroatoms. The van der Waals surface area contributed by atoms with E-state index in [0.717, 1.165) is 17.5 Å². The third kappa shape index (κ3) is 5.58. The lowest BCUT2D eigenvalue weighted by molar-refractivity contribution is 0.168. The maximum atomic E-state index is 11.1. The predicted octanol–water partition coefficient (Wildman–Crippen LogP) is 3.42. The number of alkyl halides is 1. The maximum absolute atomic E-state index is 11.1. The van der Waals surface area contributed by atoms with E-state index in [9.17, 15) is 4.79 Å². The minimum atomic E-state index is -0.444. The average Bonchev–Trinajstić information content (AvgIpc) is 2.32. The quantitative estimate of drug-likeness (QED) is 0.647. The van der Waals surface area contributed by atoms with Crippen LogP contribution < -0.4 is 10.1 Å². The van der Waals surface area contributed by atoms with Crippen molar-refractivity contribution < 1.29 is 14.3 Å². The molecule has 0 unspecified atom stereocenters. The highest BCUT2D eigenvalue weighted by atomic mass is 79.9. The van der Waals surface area contributed by atoms with Gasteiger partial charge in [-0.1, -0.05) is 15.9 Å². The van der Waals surface area contributed by atoms with Crippen LogP contribution >= 0.6 is 15.9 Å². The van der Waals surface area contributed by atoms with Gasteiger partial charge in [-0.15, -0.1) is 0 Å². The van der Waals surface area contributed by atoms with Crippen molar-refractivity contribution in [1.29, 1.82) is 0 Å². The number of rotatable bonds is 6. The van der Waals surface area contributed by atoms with Gasteiger partial charge in [0.15, 0.2) is 0 Å². The van der Waals surface area contributed by atoms with Crippen LogP contribution in [0, 0.1) is 0 Å². The Labute approximate surface area is 109 Å². The van der Waals surface area contributed by atoms with E-state index in [2.05, 4.69) is 21.2 Å². The standard InChI is InChI=1S/C12H16BrNO3/c1-2-16-12(15)14-10-4-6-11(7-5-10)17-9-3-8-13/h4-7H,2-3,8-9H2,1H3,(H,14,15). The van der Waals surface area contributed by atoms with Crippen molar-refractivity contribution in [1.82, 2.24) is 0 Å². The van der Waals surface area contributed by atoms with Crippen LogP contribution in [0.2, 0.25) is 0 Å². The zero-order valence-electron chi connectivity index (χ0n) is 9.74. The first kappa shape index (κ1) is 13.8. The molecule has 1 amide bonds. The number of halogens is 1. The number of hydrogen-bond donors (Lipinski definition) is 1. The molecule has 1 N–H and O–H groups in total. The first-order valence-corrected chi connectivity index (χ1v) is 6.61. The lowest BCUT2D eigenvalue weighted by Crippen LogP contribution is -2.13. The highest BCUT2D eigenvalue weighted by molar-refractivity contribution is 9.09. The van der Waals surface area contributed by atoms with Gasteiger partial charge in [-0.05, 0) is 37.6 Å². The molecule has 1 aromatic carbocycles. The number of amides is 1. The average molecular weight is 302 g/mol. The first-order valence-electron chi connectivity index (χ1n) is 5.49. The molecule has 1 rings (SSSR count). The second-order valence-corrected chi connectivity index (χ2v) is 4.05. The minimum absolute atomic E-state index is 0.361. The van der Waals surface area contributed by atoms with E-state index in [4.69, 9.17) is 9.47 Å². The molecule has 0 aliphatic rings. The lowest BCUT2D eigenvalue weighted by atomic mass is 10.3. The third-order valence-electron chi connectivity index (χ3n) is 1.92. The second kappa shape index (κ2) is 7.95. The van der Waals surface area contributed by atoms with E-state index in [1.807, 2.05) is 12.1 Å². The largest absolute Gasteiger partial charge is 0.494 e. The molecule has 0 radical (unpaired) electrons. The molecule has 4 nitrogen and oxygen atoms in total. The van der Waals surface area contributed by atoms with Crippen LogP contribution in [0.1, 0.15) is 13.3 Å². The summed E-state index contributed by atoms with van der Waals surface area (Å²) in [6.45, 7) is 2.80. The fraction of sp³-hybridized carbons (Fsp3) is 0.417. The van der Waals surface area contributed by atoms with Gasteiger partial charge in [-0.2, -0.15) is 0 Å². The Kier molecular flexibility index (Phi) is 6.47. The number of carbonyl (C=O) groups excluding carboxylic acids is 1. The van der Waals surface area contributed by atoms with E-state index in [-0.39, 0.29) is 0 Å². The van der Waals surface area contributed by atoms with E-state index in [0.29, 0.717) is 18.9 Å². The summed E-state index contributed by atoms with van der Waals surface area (Å²) in [5.41, 5.74) is 0.691. The van der Waals surface area contributed by atoms with Gasteiger partial charge in [-0.25, -0.2) is 4.79 Å². The zero-order chi connectivity index (χ0) is 12.5. The van der Waals surface area contributed by atoms with Crippen LogP contribution in [0.25, 0.3) is 0 Å². The molecule has 1 aromatic rings. The minimum Gasteiger partial charge on any atom is -0.494 e. The van der Waals surface area contributed by atoms with Gasteiger partial charge >= 0.3 is 6.09 Å². The van der Waals surface area contributed by atoms with E-state index in [1.54, 1.807) is 19.1 Å². The third-order valence-corrected chi connectivity index (χ3v) is 2.48. The van der Waals surface area contributed by atoms with Crippen LogP contribution in [0.15, 0.2) is 24.3 Å². The Balaban J connectivity index is 2.41. The lowest BCUT2D eigenvalue weighted by Gasteiger charge is -2.07. The monoisotopic (exact) mass is 301 g/mol. The fourth-order valence-electron chi connectivity index (χ4n) is 1.16. The van der Waals surface area contributed by atoms with Gasteiger partial charge in [0.1, 0.15) is 5.75 Å². The van der Waals surface area contributed by atoms with Crippen molar-refractivity contribution in [3.63, 3.8) is 0 Å². The van der Waals surface area contributed by atoms with Gasteiger partial charge in [0.2, 0.25) is 0 Å². The molecule has 0 atom stereocenters. The Morgan fingerprint density at radius 1 is 1.35 bits per heavy atom. The van der Waals surface area contributed by atoms with Gasteiger partial charge < -0.3 is 9.47 Å². The molecule has 0 saturated carbocycles. The van der Waals surface area contributed by atoms with Crippen molar-refractivity contribution >= 4 is 27.7 Å². The number of benzene rings is 1. The van der Waals surface area contributed by atoms with Gasteiger partial charge in [0.25, 0.3) is 0 Å². The molecule has 0 aliphatic carbocycles. The van der Waals surface area contributed by atoms with Crippen molar-refractivity contribution in [2.24, 2.45) is 0 Å². The van der Waals surface area contributed by atoms with Crippen LogP contribution in [-0.4, -0.2) is 24.6 Å². The summed E-state index contributed by atoms with van der Waals surface area (Å²) in [5, 5.41) is 3.54. The molecule has 0 fully saturated rings. The van der Waals surface area contributed by atoms with E-state index < -0.39 is 6.09 Å². The number of ether oxygens (including phenoxy) is 2. The number of nitrogens with one attached hydrogen (secondary N) is 1. The molecule has 0 aliphatic heterocycles. The van der Waals surface area contributed by atoms with E-state index >= 15 is 0 Å². The molecule has 94 valence electrons. The highest BCUT2D eigenvalue weighted by Gasteiger charge is 2.01. The zero-order valence-corrected chi connectivity index (χ0v) is 11.3. The van der Waals surface area contributed by atoms with Crippen molar-refractivity contribution in [2.45, 2.75) is 13.3 Å². The summed E-state index contributed by atoms with van der Waals surface area (Å²) < 4.78 is 10.2. The smallest absolute Gasteiger partial charge is 0.411 e.